The van der Waals surface area contributed by atoms with E-state index in [-0.39, 0.29) is 10.2 Å². The lowest BCUT2D eigenvalue weighted by Gasteiger charge is -2.44. The van der Waals surface area contributed by atoms with Crippen molar-refractivity contribution in [1.82, 2.24) is 19.7 Å². The van der Waals surface area contributed by atoms with Gasteiger partial charge in [-0.2, -0.15) is 0 Å². The van der Waals surface area contributed by atoms with E-state index in [0.717, 1.165) is 43.1 Å². The normalized spacial score (nSPS) is 21.1. The zero-order valence-corrected chi connectivity index (χ0v) is 22.2. The Balaban J connectivity index is 1.42. The molecule has 1 aliphatic carbocycles. The van der Waals surface area contributed by atoms with E-state index in [1.54, 1.807) is 18.5 Å². The molecular formula is C22H33ClN8OS2. The highest BCUT2D eigenvalue weighted by atomic mass is 35.5. The number of nitrogen functional groups attached to an aromatic ring is 2. The van der Waals surface area contributed by atoms with E-state index in [4.69, 9.17) is 23.2 Å². The first-order valence-electron chi connectivity index (χ1n) is 11.5. The highest BCUT2D eigenvalue weighted by Crippen LogP contribution is 2.47. The van der Waals surface area contributed by atoms with Crippen LogP contribution in [-0.2, 0) is 11.0 Å². The number of pyridine rings is 1. The molecule has 4 rings (SSSR count). The molecule has 1 saturated carbocycles. The van der Waals surface area contributed by atoms with Crippen LogP contribution >= 0.6 is 23.4 Å². The van der Waals surface area contributed by atoms with Crippen molar-refractivity contribution in [2.24, 2.45) is 11.3 Å². The molecule has 2 aromatic heterocycles. The van der Waals surface area contributed by atoms with Gasteiger partial charge in [-0.1, -0.05) is 29.8 Å². The van der Waals surface area contributed by atoms with Gasteiger partial charge in [-0.3, -0.25) is 0 Å². The SMILES string of the molecule is CC(C)(C)[S@@](=O)N[C@@H]1CCCC12CCN(c1cnc(Sc3ccnc(NN)c3Cl)c(N)n1)CC2. The van der Waals surface area contributed by atoms with Crippen LogP contribution in [0.1, 0.15) is 52.9 Å². The topological polar surface area (TPSA) is 135 Å². The number of halogens is 1. The van der Waals surface area contributed by atoms with Gasteiger partial charge in [0.25, 0.3) is 0 Å². The minimum Gasteiger partial charge on any atom is -0.381 e. The second-order valence-corrected chi connectivity index (χ2v) is 13.3. The summed E-state index contributed by atoms with van der Waals surface area (Å²) in [5.74, 6) is 6.99. The van der Waals surface area contributed by atoms with Gasteiger partial charge in [0, 0.05) is 30.2 Å². The van der Waals surface area contributed by atoms with E-state index in [0.29, 0.717) is 27.7 Å². The smallest absolute Gasteiger partial charge is 0.159 e. The highest BCUT2D eigenvalue weighted by molar-refractivity contribution is 7.99. The Morgan fingerprint density at radius 1 is 1.26 bits per heavy atom. The molecule has 0 bridgehead atoms. The maximum absolute atomic E-state index is 12.7. The summed E-state index contributed by atoms with van der Waals surface area (Å²) in [7, 11) is -1.06. The van der Waals surface area contributed by atoms with E-state index < -0.39 is 11.0 Å². The van der Waals surface area contributed by atoms with Crippen LogP contribution in [-0.4, -0.2) is 43.0 Å². The van der Waals surface area contributed by atoms with Crippen LogP contribution in [0.3, 0.4) is 0 Å². The average molecular weight is 525 g/mol. The first-order chi connectivity index (χ1) is 16.1. The molecule has 1 spiro atoms. The molecule has 1 saturated heterocycles. The third-order valence-corrected chi connectivity index (χ3v) is 9.92. The fourth-order valence-electron chi connectivity index (χ4n) is 4.73. The summed E-state index contributed by atoms with van der Waals surface area (Å²) in [6.45, 7) is 7.80. The number of nitrogens with two attached hydrogens (primary N) is 2. The molecule has 12 heteroatoms. The van der Waals surface area contributed by atoms with E-state index in [1.807, 2.05) is 20.8 Å². The van der Waals surface area contributed by atoms with Gasteiger partial charge < -0.3 is 16.1 Å². The number of hydrogen-bond donors (Lipinski definition) is 4. The monoisotopic (exact) mass is 524 g/mol. The molecule has 3 heterocycles. The number of anilines is 3. The first-order valence-corrected chi connectivity index (χ1v) is 13.8. The Morgan fingerprint density at radius 2 is 2.00 bits per heavy atom. The van der Waals surface area contributed by atoms with E-state index in [9.17, 15) is 4.21 Å². The van der Waals surface area contributed by atoms with Crippen molar-refractivity contribution >= 4 is 51.8 Å². The number of hydrogen-bond acceptors (Lipinski definition) is 9. The minimum atomic E-state index is -1.06. The Bertz CT molecular complexity index is 1060. The minimum absolute atomic E-state index is 0.193. The van der Waals surface area contributed by atoms with Gasteiger partial charge in [-0.05, 0) is 57.9 Å². The number of aromatic nitrogens is 3. The Kier molecular flexibility index (Phi) is 7.58. The molecule has 34 heavy (non-hydrogen) atoms. The van der Waals surface area contributed by atoms with Crippen molar-refractivity contribution < 1.29 is 4.21 Å². The second-order valence-electron chi connectivity index (χ2n) is 9.93. The third-order valence-electron chi connectivity index (χ3n) is 6.74. The molecule has 2 aliphatic rings. The summed E-state index contributed by atoms with van der Waals surface area (Å²) in [5.41, 5.74) is 8.94. The molecule has 0 unspecified atom stereocenters. The van der Waals surface area contributed by atoms with Gasteiger partial charge in [0.05, 0.1) is 27.0 Å². The molecule has 1 aliphatic heterocycles. The first kappa shape index (κ1) is 25.4. The quantitative estimate of drug-likeness (QED) is 0.329. The van der Waals surface area contributed by atoms with Crippen molar-refractivity contribution in [1.29, 1.82) is 0 Å². The van der Waals surface area contributed by atoms with Gasteiger partial charge in [0.2, 0.25) is 0 Å². The van der Waals surface area contributed by atoms with Crippen molar-refractivity contribution in [2.75, 3.05) is 29.1 Å². The van der Waals surface area contributed by atoms with Gasteiger partial charge in [0.1, 0.15) is 10.8 Å². The lowest BCUT2D eigenvalue weighted by molar-refractivity contribution is 0.188. The zero-order chi connectivity index (χ0) is 24.5. The molecule has 0 radical (unpaired) electrons. The summed E-state index contributed by atoms with van der Waals surface area (Å²) >= 11 is 7.67. The molecule has 9 nitrogen and oxygen atoms in total. The molecule has 6 N–H and O–H groups in total. The summed E-state index contributed by atoms with van der Waals surface area (Å²) < 4.78 is 15.9. The number of rotatable bonds is 6. The van der Waals surface area contributed by atoms with Gasteiger partial charge in [-0.15, -0.1) is 0 Å². The maximum Gasteiger partial charge on any atom is 0.159 e. The van der Waals surface area contributed by atoms with E-state index in [2.05, 4.69) is 30.0 Å². The van der Waals surface area contributed by atoms with E-state index in [1.165, 1.54) is 24.6 Å². The molecule has 2 aromatic rings. The van der Waals surface area contributed by atoms with Crippen molar-refractivity contribution in [3.63, 3.8) is 0 Å². The van der Waals surface area contributed by atoms with Crippen LogP contribution in [0, 0.1) is 5.41 Å². The van der Waals surface area contributed by atoms with Crippen molar-refractivity contribution in [3.8, 4) is 0 Å². The molecule has 186 valence electrons. The van der Waals surface area contributed by atoms with E-state index >= 15 is 0 Å². The Morgan fingerprint density at radius 3 is 2.65 bits per heavy atom. The lowest BCUT2D eigenvalue weighted by Crippen LogP contribution is -2.51. The molecule has 2 fully saturated rings. The van der Waals surface area contributed by atoms with Crippen LogP contribution in [0.2, 0.25) is 5.02 Å². The van der Waals surface area contributed by atoms with Crippen LogP contribution in [0.5, 0.6) is 0 Å². The molecule has 2 atom stereocenters. The Hall–Kier alpha value is -1.66. The number of piperidine rings is 1. The standard InChI is InChI=1S/C22H33ClN8OS2/c1-21(2,3)34(32)30-15-5-4-7-22(15)8-11-31(12-9-22)16-13-27-20(18(24)28-16)33-14-6-10-26-19(29-25)17(14)23/h6,10,13,15,30H,4-5,7-9,11-12,25H2,1-3H3,(H2,24,28)(H,26,29)/t15-,34-/m1/s1. The van der Waals surface area contributed by atoms with Crippen molar-refractivity contribution in [3.05, 3.63) is 23.5 Å². The van der Waals surface area contributed by atoms with Crippen LogP contribution < -0.4 is 26.6 Å². The van der Waals surface area contributed by atoms with Crippen LogP contribution in [0.15, 0.2) is 28.4 Å². The predicted molar refractivity (Wildman–Crippen MR) is 140 cm³/mol. The zero-order valence-electron chi connectivity index (χ0n) is 19.8. The maximum atomic E-state index is 12.7. The fraction of sp³-hybridized carbons (Fsp3) is 0.591. The summed E-state index contributed by atoms with van der Waals surface area (Å²) in [6, 6.07) is 2.08. The summed E-state index contributed by atoms with van der Waals surface area (Å²) in [5, 5.41) is 0.992. The van der Waals surface area contributed by atoms with Gasteiger partial charge in [-0.25, -0.2) is 29.7 Å². The summed E-state index contributed by atoms with van der Waals surface area (Å²) in [6.07, 6.45) is 8.89. The van der Waals surface area contributed by atoms with Gasteiger partial charge in [0.15, 0.2) is 11.6 Å². The average Bonchev–Trinajstić information content (AvgIpc) is 3.17. The van der Waals surface area contributed by atoms with Gasteiger partial charge >= 0.3 is 0 Å². The largest absolute Gasteiger partial charge is 0.381 e. The van der Waals surface area contributed by atoms with Crippen LogP contribution in [0.4, 0.5) is 17.5 Å². The highest BCUT2D eigenvalue weighted by Gasteiger charge is 2.46. The lowest BCUT2D eigenvalue weighted by atomic mass is 9.74. The predicted octanol–water partition coefficient (Wildman–Crippen LogP) is 3.73. The Labute approximate surface area is 212 Å². The molecule has 0 aromatic carbocycles. The molecular weight excluding hydrogens is 492 g/mol. The van der Waals surface area contributed by atoms with Crippen molar-refractivity contribution in [2.45, 2.75) is 73.6 Å². The van der Waals surface area contributed by atoms with Crippen LogP contribution in [0.25, 0.3) is 0 Å². The fourth-order valence-corrected chi connectivity index (χ4v) is 6.77. The number of nitrogens with zero attached hydrogens (tertiary/aromatic N) is 4. The summed E-state index contributed by atoms with van der Waals surface area (Å²) in [4.78, 5) is 16.3. The molecule has 0 amide bonds. The number of hydrazine groups is 1. The number of nitrogens with one attached hydrogen (secondary N) is 2. The third kappa shape index (κ3) is 5.28. The second kappa shape index (κ2) is 10.1.